The molecule has 2 aromatic rings. The van der Waals surface area contributed by atoms with Crippen LogP contribution in [-0.4, -0.2) is 46.6 Å². The van der Waals surface area contributed by atoms with Crippen LogP contribution in [-0.2, 0) is 14.3 Å². The number of aryl methyl sites for hydroxylation is 1. The van der Waals surface area contributed by atoms with E-state index in [1.54, 1.807) is 45.0 Å². The summed E-state index contributed by atoms with van der Waals surface area (Å²) in [5.41, 5.74) is 1.10. The summed E-state index contributed by atoms with van der Waals surface area (Å²) >= 11 is 0. The maximum absolute atomic E-state index is 13.7. The number of carbonyl (C=O) groups is 3. The largest absolute Gasteiger partial charge is 0.508 e. The molecule has 2 aromatic carbocycles. The molecule has 208 valence electrons. The maximum Gasteiger partial charge on any atom is 0.408 e. The van der Waals surface area contributed by atoms with Gasteiger partial charge >= 0.3 is 6.09 Å². The molecule has 1 unspecified atom stereocenters. The summed E-state index contributed by atoms with van der Waals surface area (Å²) in [6.45, 7) is 9.21. The van der Waals surface area contributed by atoms with Crippen LogP contribution in [0.4, 0.5) is 10.5 Å². The Hall–Kier alpha value is -3.55. The number of unbranched alkanes of at least 4 members (excludes halogenated alkanes) is 5. The van der Waals surface area contributed by atoms with Crippen molar-refractivity contribution >= 4 is 23.6 Å². The number of benzene rings is 2. The van der Waals surface area contributed by atoms with E-state index < -0.39 is 29.6 Å². The van der Waals surface area contributed by atoms with E-state index >= 15 is 0 Å². The third-order valence-electron chi connectivity index (χ3n) is 6.05. The Labute approximate surface area is 226 Å². The van der Waals surface area contributed by atoms with Crippen molar-refractivity contribution in [2.75, 3.05) is 18.4 Å². The summed E-state index contributed by atoms with van der Waals surface area (Å²) in [5.74, 6) is -0.978. The minimum atomic E-state index is -1.10. The smallest absolute Gasteiger partial charge is 0.408 e. The molecule has 0 saturated heterocycles. The van der Waals surface area contributed by atoms with Crippen molar-refractivity contribution in [3.8, 4) is 5.75 Å². The Morgan fingerprint density at radius 3 is 2.24 bits per heavy atom. The van der Waals surface area contributed by atoms with Crippen LogP contribution in [0, 0.1) is 6.92 Å². The van der Waals surface area contributed by atoms with E-state index in [1.165, 1.54) is 11.0 Å². The first-order valence-electron chi connectivity index (χ1n) is 13.4. The number of ether oxygens (including phenoxy) is 1. The summed E-state index contributed by atoms with van der Waals surface area (Å²) in [7, 11) is 0. The van der Waals surface area contributed by atoms with Gasteiger partial charge in [-0.2, -0.15) is 0 Å². The van der Waals surface area contributed by atoms with Crippen molar-refractivity contribution in [1.82, 2.24) is 10.2 Å². The quantitative estimate of drug-likeness (QED) is 0.274. The highest BCUT2D eigenvalue weighted by Crippen LogP contribution is 2.31. The lowest BCUT2D eigenvalue weighted by atomic mass is 10.0. The molecular weight excluding hydrogens is 482 g/mol. The minimum Gasteiger partial charge on any atom is -0.508 e. The second-order valence-corrected chi connectivity index (χ2v) is 10.5. The summed E-state index contributed by atoms with van der Waals surface area (Å²) in [4.78, 5) is 40.9. The zero-order chi connectivity index (χ0) is 28.1. The second-order valence-electron chi connectivity index (χ2n) is 10.5. The van der Waals surface area contributed by atoms with E-state index in [0.29, 0.717) is 24.2 Å². The highest BCUT2D eigenvalue weighted by atomic mass is 16.6. The Balaban J connectivity index is 2.34. The van der Waals surface area contributed by atoms with Gasteiger partial charge in [0.15, 0.2) is 0 Å². The lowest BCUT2D eigenvalue weighted by Gasteiger charge is -2.32. The Morgan fingerprint density at radius 1 is 0.947 bits per heavy atom. The molecule has 3 amide bonds. The molecule has 0 aliphatic rings. The number of nitrogens with zero attached hydrogens (tertiary/aromatic N) is 1. The summed E-state index contributed by atoms with van der Waals surface area (Å²) in [5, 5.41) is 16.1. The van der Waals surface area contributed by atoms with Gasteiger partial charge in [0.25, 0.3) is 5.91 Å². The lowest BCUT2D eigenvalue weighted by molar-refractivity contribution is -0.138. The molecule has 1 atom stereocenters. The van der Waals surface area contributed by atoms with Gasteiger partial charge in [-0.3, -0.25) is 9.59 Å². The number of para-hydroxylation sites is 2. The SMILES string of the molecule is CCCCCCCCN(C(=O)CNC(=O)OC(C)(C)C)C(C(=O)Nc1ccccc1C)c1ccccc1O. The van der Waals surface area contributed by atoms with Crippen LogP contribution in [0.3, 0.4) is 0 Å². The number of anilines is 1. The Bertz CT molecular complexity index is 1060. The molecule has 0 aromatic heterocycles. The molecular formula is C30H43N3O5. The number of rotatable bonds is 13. The van der Waals surface area contributed by atoms with Gasteiger partial charge in [-0.1, -0.05) is 75.4 Å². The number of phenols is 1. The van der Waals surface area contributed by atoms with Crippen molar-refractivity contribution in [1.29, 1.82) is 0 Å². The highest BCUT2D eigenvalue weighted by molar-refractivity contribution is 5.99. The number of hydrogen-bond acceptors (Lipinski definition) is 5. The zero-order valence-corrected chi connectivity index (χ0v) is 23.4. The third kappa shape index (κ3) is 10.1. The lowest BCUT2D eigenvalue weighted by Crippen LogP contribution is -2.47. The molecule has 8 heteroatoms. The fourth-order valence-electron chi connectivity index (χ4n) is 4.11. The van der Waals surface area contributed by atoms with E-state index in [9.17, 15) is 19.5 Å². The first-order chi connectivity index (χ1) is 18.0. The Kier molecular flexibility index (Phi) is 12.1. The van der Waals surface area contributed by atoms with E-state index in [1.807, 2.05) is 25.1 Å². The first-order valence-corrected chi connectivity index (χ1v) is 13.4. The molecule has 8 nitrogen and oxygen atoms in total. The van der Waals surface area contributed by atoms with Gasteiger partial charge in [-0.15, -0.1) is 0 Å². The van der Waals surface area contributed by atoms with Crippen molar-refractivity contribution < 1.29 is 24.2 Å². The molecule has 0 bridgehead atoms. The number of phenolic OH excluding ortho intramolecular Hbond substituents is 1. The van der Waals surface area contributed by atoms with Gasteiger partial charge in [0.1, 0.15) is 23.9 Å². The van der Waals surface area contributed by atoms with Crippen LogP contribution in [0.5, 0.6) is 5.75 Å². The number of carbonyl (C=O) groups excluding carboxylic acids is 3. The number of aromatic hydroxyl groups is 1. The fraction of sp³-hybridized carbons (Fsp3) is 0.500. The normalized spacial score (nSPS) is 11.9. The van der Waals surface area contributed by atoms with E-state index in [4.69, 9.17) is 4.74 Å². The highest BCUT2D eigenvalue weighted by Gasteiger charge is 2.33. The topological polar surface area (TPSA) is 108 Å². The number of nitrogens with one attached hydrogen (secondary N) is 2. The van der Waals surface area contributed by atoms with Crippen LogP contribution in [0.25, 0.3) is 0 Å². The third-order valence-corrected chi connectivity index (χ3v) is 6.05. The van der Waals surface area contributed by atoms with Crippen molar-refractivity contribution in [3.05, 3.63) is 59.7 Å². The van der Waals surface area contributed by atoms with Crippen LogP contribution >= 0.6 is 0 Å². The summed E-state index contributed by atoms with van der Waals surface area (Å²) < 4.78 is 5.27. The molecule has 0 fully saturated rings. The number of amides is 3. The van der Waals surface area contributed by atoms with Gasteiger partial charge in [-0.05, 0) is 51.8 Å². The Morgan fingerprint density at radius 2 is 1.58 bits per heavy atom. The zero-order valence-electron chi connectivity index (χ0n) is 23.4. The number of hydrogen-bond donors (Lipinski definition) is 3. The average Bonchev–Trinajstić information content (AvgIpc) is 2.85. The molecule has 38 heavy (non-hydrogen) atoms. The molecule has 0 saturated carbocycles. The summed E-state index contributed by atoms with van der Waals surface area (Å²) in [6.07, 6.45) is 5.30. The van der Waals surface area contributed by atoms with Crippen molar-refractivity contribution in [2.24, 2.45) is 0 Å². The fourth-order valence-corrected chi connectivity index (χ4v) is 4.11. The molecule has 0 radical (unpaired) electrons. The minimum absolute atomic E-state index is 0.0849. The van der Waals surface area contributed by atoms with Crippen molar-refractivity contribution in [2.45, 2.75) is 84.8 Å². The van der Waals surface area contributed by atoms with Gasteiger partial charge in [0.2, 0.25) is 5.91 Å². The van der Waals surface area contributed by atoms with Gasteiger partial charge < -0.3 is 25.4 Å². The molecule has 0 heterocycles. The monoisotopic (exact) mass is 525 g/mol. The number of alkyl carbamates (subject to hydrolysis) is 1. The van der Waals surface area contributed by atoms with Crippen molar-refractivity contribution in [3.63, 3.8) is 0 Å². The predicted molar refractivity (Wildman–Crippen MR) is 150 cm³/mol. The molecule has 0 aliphatic carbocycles. The van der Waals surface area contributed by atoms with Crippen LogP contribution in [0.2, 0.25) is 0 Å². The van der Waals surface area contributed by atoms with Crippen LogP contribution in [0.1, 0.15) is 83.4 Å². The molecule has 2 rings (SSSR count). The summed E-state index contributed by atoms with van der Waals surface area (Å²) in [6, 6.07) is 12.8. The van der Waals surface area contributed by atoms with Gasteiger partial charge in [0.05, 0.1) is 0 Å². The molecule has 3 N–H and O–H groups in total. The van der Waals surface area contributed by atoms with E-state index in [2.05, 4.69) is 17.6 Å². The second kappa shape index (κ2) is 15.0. The maximum atomic E-state index is 13.7. The van der Waals surface area contributed by atoms with Gasteiger partial charge in [-0.25, -0.2) is 4.79 Å². The molecule has 0 aliphatic heterocycles. The van der Waals surface area contributed by atoms with Gasteiger partial charge in [0, 0.05) is 17.8 Å². The van der Waals surface area contributed by atoms with E-state index in [-0.39, 0.29) is 12.3 Å². The van der Waals surface area contributed by atoms with Crippen LogP contribution < -0.4 is 10.6 Å². The molecule has 0 spiro atoms. The average molecular weight is 526 g/mol. The van der Waals surface area contributed by atoms with Crippen LogP contribution in [0.15, 0.2) is 48.5 Å². The predicted octanol–water partition coefficient (Wildman–Crippen LogP) is 6.09. The first kappa shape index (κ1) is 30.7. The standard InChI is InChI=1S/C30H43N3O5/c1-6-7-8-9-10-15-20-33(26(35)21-31-29(37)38-30(3,4)5)27(23-17-12-14-19-25(23)34)28(36)32-24-18-13-11-16-22(24)2/h11-14,16-19,27,34H,6-10,15,20-21H2,1-5H3,(H,31,37)(H,32,36). The van der Waals surface area contributed by atoms with E-state index in [0.717, 1.165) is 37.7 Å².